The van der Waals surface area contributed by atoms with E-state index < -0.39 is 5.54 Å². The third-order valence-electron chi connectivity index (χ3n) is 4.66. The van der Waals surface area contributed by atoms with Crippen molar-refractivity contribution in [2.75, 3.05) is 26.8 Å². The average molecular weight is 286 g/mol. The lowest BCUT2D eigenvalue weighted by molar-refractivity contribution is 0.101. The molecule has 3 rings (SSSR count). The van der Waals surface area contributed by atoms with Crippen molar-refractivity contribution in [3.63, 3.8) is 0 Å². The number of methoxy groups -OCH3 is 1. The molecule has 1 unspecified atom stereocenters. The first-order chi connectivity index (χ1) is 10.3. The number of piperidine rings is 1. The van der Waals surface area contributed by atoms with Gasteiger partial charge in [-0.15, -0.1) is 0 Å². The predicted molar refractivity (Wildman–Crippen MR) is 80.4 cm³/mol. The largest absolute Gasteiger partial charge is 0.497 e. The maximum absolute atomic E-state index is 10.0. The summed E-state index contributed by atoms with van der Waals surface area (Å²) in [6.45, 7) is 2.66. The van der Waals surface area contributed by atoms with Crippen LogP contribution in [-0.4, -0.2) is 31.7 Å². The number of rotatable bonds is 2. The normalized spacial score (nSPS) is 26.1. The summed E-state index contributed by atoms with van der Waals surface area (Å²) < 4.78 is 11.2. The molecule has 1 aromatic rings. The summed E-state index contributed by atoms with van der Waals surface area (Å²) >= 11 is 0. The SMILES string of the molecule is COc1ccc2c(c1)OCCCC2(C#N)N1CCCCC1. The Morgan fingerprint density at radius 2 is 2.05 bits per heavy atom. The topological polar surface area (TPSA) is 45.5 Å². The Bertz CT molecular complexity index is 546. The van der Waals surface area contributed by atoms with Gasteiger partial charge < -0.3 is 9.47 Å². The van der Waals surface area contributed by atoms with Gasteiger partial charge in [-0.25, -0.2) is 0 Å². The summed E-state index contributed by atoms with van der Waals surface area (Å²) in [5, 5.41) is 10.0. The minimum atomic E-state index is -0.543. The lowest BCUT2D eigenvalue weighted by Crippen LogP contribution is -2.47. The molecule has 21 heavy (non-hydrogen) atoms. The minimum absolute atomic E-state index is 0.543. The van der Waals surface area contributed by atoms with Crippen LogP contribution in [0.5, 0.6) is 11.5 Å². The van der Waals surface area contributed by atoms with Crippen LogP contribution >= 0.6 is 0 Å². The van der Waals surface area contributed by atoms with E-state index >= 15 is 0 Å². The molecule has 112 valence electrons. The van der Waals surface area contributed by atoms with Crippen molar-refractivity contribution >= 4 is 0 Å². The Kier molecular flexibility index (Phi) is 4.03. The van der Waals surface area contributed by atoms with Gasteiger partial charge >= 0.3 is 0 Å². The molecule has 0 saturated carbocycles. The molecule has 4 heteroatoms. The van der Waals surface area contributed by atoms with Gasteiger partial charge in [-0.3, -0.25) is 4.90 Å². The highest BCUT2D eigenvalue weighted by molar-refractivity contribution is 5.48. The van der Waals surface area contributed by atoms with Crippen molar-refractivity contribution in [2.24, 2.45) is 0 Å². The Morgan fingerprint density at radius 3 is 2.76 bits per heavy atom. The fourth-order valence-corrected chi connectivity index (χ4v) is 3.53. The molecule has 2 heterocycles. The summed E-state index contributed by atoms with van der Waals surface area (Å²) in [5.74, 6) is 1.58. The maximum atomic E-state index is 10.0. The zero-order valence-electron chi connectivity index (χ0n) is 12.6. The second kappa shape index (κ2) is 5.95. The molecule has 4 nitrogen and oxygen atoms in total. The number of ether oxygens (including phenoxy) is 2. The molecule has 1 saturated heterocycles. The average Bonchev–Trinajstić information content (AvgIpc) is 2.75. The van der Waals surface area contributed by atoms with Crippen LogP contribution in [0, 0.1) is 11.3 Å². The van der Waals surface area contributed by atoms with Crippen molar-refractivity contribution in [1.82, 2.24) is 4.90 Å². The zero-order valence-corrected chi connectivity index (χ0v) is 12.6. The van der Waals surface area contributed by atoms with Crippen LogP contribution < -0.4 is 9.47 Å². The van der Waals surface area contributed by atoms with E-state index in [-0.39, 0.29) is 0 Å². The summed E-state index contributed by atoms with van der Waals surface area (Å²) in [7, 11) is 1.65. The third kappa shape index (κ3) is 2.47. The van der Waals surface area contributed by atoms with Crippen molar-refractivity contribution in [2.45, 2.75) is 37.6 Å². The lowest BCUT2D eigenvalue weighted by atomic mass is 9.83. The fourth-order valence-electron chi connectivity index (χ4n) is 3.53. The van der Waals surface area contributed by atoms with Crippen molar-refractivity contribution < 1.29 is 9.47 Å². The number of benzene rings is 1. The van der Waals surface area contributed by atoms with Crippen LogP contribution in [0.2, 0.25) is 0 Å². The van der Waals surface area contributed by atoms with Gasteiger partial charge in [0.25, 0.3) is 0 Å². The molecule has 0 aliphatic carbocycles. The number of likely N-dealkylation sites (tertiary alicyclic amines) is 1. The number of nitriles is 1. The van der Waals surface area contributed by atoms with Gasteiger partial charge in [0.2, 0.25) is 0 Å². The molecule has 2 aliphatic rings. The first-order valence-corrected chi connectivity index (χ1v) is 7.78. The highest BCUT2D eigenvalue weighted by Crippen LogP contribution is 2.43. The van der Waals surface area contributed by atoms with Crippen molar-refractivity contribution in [1.29, 1.82) is 5.26 Å². The third-order valence-corrected chi connectivity index (χ3v) is 4.66. The van der Waals surface area contributed by atoms with Gasteiger partial charge in [0.1, 0.15) is 17.0 Å². The zero-order chi connectivity index (χ0) is 14.7. The Balaban J connectivity index is 2.06. The first-order valence-electron chi connectivity index (χ1n) is 7.78. The monoisotopic (exact) mass is 286 g/mol. The van der Waals surface area contributed by atoms with E-state index in [0.29, 0.717) is 6.61 Å². The minimum Gasteiger partial charge on any atom is -0.497 e. The van der Waals surface area contributed by atoms with E-state index in [4.69, 9.17) is 9.47 Å². The van der Waals surface area contributed by atoms with Gasteiger partial charge in [0.15, 0.2) is 0 Å². The van der Waals surface area contributed by atoms with Gasteiger partial charge in [-0.05, 0) is 50.9 Å². The van der Waals surface area contributed by atoms with E-state index in [0.717, 1.165) is 43.0 Å². The van der Waals surface area contributed by atoms with Crippen LogP contribution in [0.3, 0.4) is 0 Å². The summed E-state index contributed by atoms with van der Waals surface area (Å²) in [6, 6.07) is 8.48. The van der Waals surface area contributed by atoms with Crippen LogP contribution in [-0.2, 0) is 5.54 Å². The Morgan fingerprint density at radius 1 is 1.24 bits per heavy atom. The van der Waals surface area contributed by atoms with Gasteiger partial charge in [0.05, 0.1) is 19.8 Å². The molecule has 0 bridgehead atoms. The van der Waals surface area contributed by atoms with E-state index in [2.05, 4.69) is 11.0 Å². The Labute approximate surface area is 126 Å². The van der Waals surface area contributed by atoms with Crippen LogP contribution in [0.15, 0.2) is 18.2 Å². The first kappa shape index (κ1) is 14.2. The highest BCUT2D eigenvalue weighted by atomic mass is 16.5. The van der Waals surface area contributed by atoms with Gasteiger partial charge in [-0.1, -0.05) is 6.42 Å². The summed E-state index contributed by atoms with van der Waals surface area (Å²) in [6.07, 6.45) is 5.36. The summed E-state index contributed by atoms with van der Waals surface area (Å²) in [5.41, 5.74) is 0.462. The van der Waals surface area contributed by atoms with Crippen LogP contribution in [0.4, 0.5) is 0 Å². The van der Waals surface area contributed by atoms with Crippen LogP contribution in [0.25, 0.3) is 0 Å². The van der Waals surface area contributed by atoms with E-state index in [1.54, 1.807) is 7.11 Å². The van der Waals surface area contributed by atoms with Crippen molar-refractivity contribution in [3.8, 4) is 17.6 Å². The predicted octanol–water partition coefficient (Wildman–Crippen LogP) is 3.07. The second-order valence-electron chi connectivity index (χ2n) is 5.83. The molecule has 1 fully saturated rings. The second-order valence-corrected chi connectivity index (χ2v) is 5.83. The molecule has 1 aromatic carbocycles. The molecule has 1 atom stereocenters. The molecule has 0 amide bonds. The molecule has 2 aliphatic heterocycles. The summed E-state index contributed by atoms with van der Waals surface area (Å²) in [4.78, 5) is 2.36. The lowest BCUT2D eigenvalue weighted by Gasteiger charge is -2.41. The Hall–Kier alpha value is -1.73. The molecule has 0 spiro atoms. The van der Waals surface area contributed by atoms with E-state index in [1.165, 1.54) is 19.3 Å². The molecule has 0 N–H and O–H groups in total. The smallest absolute Gasteiger partial charge is 0.138 e. The molecule has 0 radical (unpaired) electrons. The number of hydrogen-bond donors (Lipinski definition) is 0. The fraction of sp³-hybridized carbons (Fsp3) is 0.588. The van der Waals surface area contributed by atoms with Crippen molar-refractivity contribution in [3.05, 3.63) is 23.8 Å². The quantitative estimate of drug-likeness (QED) is 0.838. The standard InChI is InChI=1S/C17H22N2O2/c1-20-14-6-7-15-16(12-14)21-11-5-8-17(15,13-18)19-9-3-2-4-10-19/h6-7,12H,2-5,8-11H2,1H3. The maximum Gasteiger partial charge on any atom is 0.138 e. The van der Waals surface area contributed by atoms with Crippen LogP contribution in [0.1, 0.15) is 37.7 Å². The number of nitrogens with zero attached hydrogens (tertiary/aromatic N) is 2. The van der Waals surface area contributed by atoms with E-state index in [9.17, 15) is 5.26 Å². The molecular formula is C17H22N2O2. The van der Waals surface area contributed by atoms with Gasteiger partial charge in [0, 0.05) is 11.6 Å². The van der Waals surface area contributed by atoms with E-state index in [1.807, 2.05) is 18.2 Å². The molecular weight excluding hydrogens is 264 g/mol. The number of hydrogen-bond acceptors (Lipinski definition) is 4. The molecule has 0 aromatic heterocycles. The highest BCUT2D eigenvalue weighted by Gasteiger charge is 2.42. The number of fused-ring (bicyclic) bond motifs is 1. The van der Waals surface area contributed by atoms with Gasteiger partial charge in [-0.2, -0.15) is 5.26 Å².